The van der Waals surface area contributed by atoms with Crippen molar-refractivity contribution >= 4 is 12.1 Å². The molecule has 1 aliphatic carbocycles. The number of carbonyl (C=O) groups is 2. The maximum absolute atomic E-state index is 13.7. The van der Waals surface area contributed by atoms with E-state index in [2.05, 4.69) is 46.2 Å². The Labute approximate surface area is 185 Å². The number of carbonyl (C=O) groups excluding carboxylic acids is 2. The van der Waals surface area contributed by atoms with Gasteiger partial charge in [-0.25, -0.2) is 14.0 Å². The monoisotopic (exact) mass is 429 g/mol. The van der Waals surface area contributed by atoms with Crippen LogP contribution in [0.5, 0.6) is 0 Å². The molecule has 0 aliphatic heterocycles. The average molecular weight is 429 g/mol. The van der Waals surface area contributed by atoms with Gasteiger partial charge in [0.2, 0.25) is 0 Å². The highest BCUT2D eigenvalue weighted by molar-refractivity contribution is 5.90. The molecule has 0 radical (unpaired) electrons. The molecule has 4 rings (SSSR count). The predicted octanol–water partition coefficient (Wildman–Crippen LogP) is 4.50. The Morgan fingerprint density at radius 1 is 1.00 bits per heavy atom. The van der Waals surface area contributed by atoms with Crippen LogP contribution in [0.15, 0.2) is 66.7 Å². The summed E-state index contributed by atoms with van der Waals surface area (Å²) in [5, 5.41) is 2.58. The van der Waals surface area contributed by atoms with Gasteiger partial charge in [0, 0.05) is 11.5 Å². The maximum Gasteiger partial charge on any atom is 0.407 e. The van der Waals surface area contributed by atoms with Crippen LogP contribution >= 0.6 is 0 Å². The first-order valence-corrected chi connectivity index (χ1v) is 10.0. The molecule has 0 bridgehead atoms. The summed E-state index contributed by atoms with van der Waals surface area (Å²) in [6.45, 7) is 0.259. The number of hydrogen-bond acceptors (Lipinski definition) is 4. The van der Waals surface area contributed by atoms with Crippen LogP contribution in [0.3, 0.4) is 0 Å². The van der Waals surface area contributed by atoms with Gasteiger partial charge >= 0.3 is 12.1 Å². The number of methoxy groups -OCH3 is 1. The highest BCUT2D eigenvalue weighted by Gasteiger charge is 2.28. The van der Waals surface area contributed by atoms with Crippen molar-refractivity contribution in [1.82, 2.24) is 5.32 Å². The summed E-state index contributed by atoms with van der Waals surface area (Å²) in [7, 11) is 1.18. The molecule has 0 unspecified atom stereocenters. The Kier molecular flexibility index (Phi) is 6.18. The van der Waals surface area contributed by atoms with Crippen LogP contribution in [0.4, 0.5) is 9.18 Å². The molecule has 3 aromatic carbocycles. The Morgan fingerprint density at radius 3 is 2.31 bits per heavy atom. The van der Waals surface area contributed by atoms with E-state index in [1.54, 1.807) is 0 Å². The smallest absolute Gasteiger partial charge is 0.407 e. The second-order valence-corrected chi connectivity index (χ2v) is 7.17. The van der Waals surface area contributed by atoms with Gasteiger partial charge in [-0.2, -0.15) is 0 Å². The SMILES string of the molecule is COC(=O)c1cc(C#CCNC(=O)OCC2c3ccccc3-c3ccccc32)ccc1F. The van der Waals surface area contributed by atoms with E-state index >= 15 is 0 Å². The molecule has 6 heteroatoms. The minimum absolute atomic E-state index is 0.0183. The Bertz CT molecular complexity index is 1200. The van der Waals surface area contributed by atoms with Crippen LogP contribution in [-0.4, -0.2) is 32.3 Å². The molecule has 0 fully saturated rings. The first kappa shape index (κ1) is 21.1. The quantitative estimate of drug-likeness (QED) is 0.490. The van der Waals surface area contributed by atoms with Crippen LogP contribution in [-0.2, 0) is 9.47 Å². The Hall–Kier alpha value is -4.11. The lowest BCUT2D eigenvalue weighted by atomic mass is 9.98. The third kappa shape index (κ3) is 4.33. The van der Waals surface area contributed by atoms with Crippen molar-refractivity contribution in [3.05, 3.63) is 94.8 Å². The van der Waals surface area contributed by atoms with Crippen LogP contribution in [0.1, 0.15) is 33.0 Å². The van der Waals surface area contributed by atoms with Gasteiger partial charge in [0.1, 0.15) is 12.4 Å². The largest absolute Gasteiger partial charge is 0.465 e. The first-order valence-electron chi connectivity index (χ1n) is 10.0. The van der Waals surface area contributed by atoms with Gasteiger partial charge < -0.3 is 14.8 Å². The molecule has 3 aromatic rings. The van der Waals surface area contributed by atoms with Crippen molar-refractivity contribution in [3.8, 4) is 23.0 Å². The molecule has 1 N–H and O–H groups in total. The molecule has 5 nitrogen and oxygen atoms in total. The van der Waals surface area contributed by atoms with Crippen molar-refractivity contribution in [2.75, 3.05) is 20.3 Å². The van der Waals surface area contributed by atoms with E-state index in [9.17, 15) is 14.0 Å². The molecule has 0 saturated carbocycles. The van der Waals surface area contributed by atoms with E-state index < -0.39 is 17.9 Å². The van der Waals surface area contributed by atoms with E-state index in [-0.39, 0.29) is 24.6 Å². The van der Waals surface area contributed by atoms with Crippen LogP contribution in [0.25, 0.3) is 11.1 Å². The second kappa shape index (κ2) is 9.36. The van der Waals surface area contributed by atoms with Gasteiger partial charge in [-0.3, -0.25) is 0 Å². The fourth-order valence-corrected chi connectivity index (χ4v) is 3.78. The van der Waals surface area contributed by atoms with E-state index in [1.807, 2.05) is 24.3 Å². The molecule has 0 saturated heterocycles. The summed E-state index contributed by atoms with van der Waals surface area (Å²) in [5.74, 6) is 4.06. The van der Waals surface area contributed by atoms with Crippen LogP contribution in [0, 0.1) is 17.7 Å². The summed E-state index contributed by atoms with van der Waals surface area (Å²) >= 11 is 0. The zero-order valence-electron chi connectivity index (χ0n) is 17.4. The van der Waals surface area contributed by atoms with E-state index in [0.29, 0.717) is 5.56 Å². The summed E-state index contributed by atoms with van der Waals surface area (Å²) in [5.41, 5.74) is 4.84. The van der Waals surface area contributed by atoms with Gasteiger partial charge in [0.15, 0.2) is 0 Å². The van der Waals surface area contributed by atoms with Crippen molar-refractivity contribution in [2.24, 2.45) is 0 Å². The van der Waals surface area contributed by atoms with Gasteiger partial charge in [-0.15, -0.1) is 0 Å². The molecule has 1 aliphatic rings. The number of ether oxygens (including phenoxy) is 2. The number of rotatable bonds is 4. The molecule has 160 valence electrons. The summed E-state index contributed by atoms with van der Waals surface area (Å²) in [6.07, 6.45) is -0.574. The van der Waals surface area contributed by atoms with Gasteiger partial charge in [0.25, 0.3) is 0 Å². The van der Waals surface area contributed by atoms with Crippen molar-refractivity contribution in [3.63, 3.8) is 0 Å². The molecule has 0 spiro atoms. The van der Waals surface area contributed by atoms with Crippen LogP contribution in [0.2, 0.25) is 0 Å². The van der Waals surface area contributed by atoms with E-state index in [4.69, 9.17) is 4.74 Å². The molecule has 0 aromatic heterocycles. The Morgan fingerprint density at radius 2 is 1.66 bits per heavy atom. The molecule has 0 atom stereocenters. The first-order chi connectivity index (χ1) is 15.6. The van der Waals surface area contributed by atoms with Crippen molar-refractivity contribution in [2.45, 2.75) is 5.92 Å². The van der Waals surface area contributed by atoms with E-state index in [0.717, 1.165) is 28.3 Å². The van der Waals surface area contributed by atoms with Crippen LogP contribution < -0.4 is 5.32 Å². The van der Waals surface area contributed by atoms with Gasteiger partial charge in [-0.05, 0) is 40.5 Å². The van der Waals surface area contributed by atoms with Crippen molar-refractivity contribution < 1.29 is 23.5 Å². The number of nitrogens with one attached hydrogen (secondary N) is 1. The number of fused-ring (bicyclic) bond motifs is 3. The zero-order chi connectivity index (χ0) is 22.5. The fraction of sp³-hybridized carbons (Fsp3) is 0.154. The topological polar surface area (TPSA) is 64.6 Å². The zero-order valence-corrected chi connectivity index (χ0v) is 17.4. The summed E-state index contributed by atoms with van der Waals surface area (Å²) < 4.78 is 23.7. The second-order valence-electron chi connectivity index (χ2n) is 7.17. The lowest BCUT2D eigenvalue weighted by Gasteiger charge is -2.14. The predicted molar refractivity (Wildman–Crippen MR) is 118 cm³/mol. The highest BCUT2D eigenvalue weighted by atomic mass is 19.1. The van der Waals surface area contributed by atoms with Gasteiger partial charge in [0.05, 0.1) is 19.2 Å². The van der Waals surface area contributed by atoms with E-state index in [1.165, 1.54) is 19.2 Å². The average Bonchev–Trinajstić information content (AvgIpc) is 3.14. The fourth-order valence-electron chi connectivity index (χ4n) is 3.78. The number of hydrogen-bond donors (Lipinski definition) is 1. The highest BCUT2D eigenvalue weighted by Crippen LogP contribution is 2.44. The minimum atomic E-state index is -0.775. The molecular formula is C26H20FNO4. The lowest BCUT2D eigenvalue weighted by Crippen LogP contribution is -2.26. The lowest BCUT2D eigenvalue weighted by molar-refractivity contribution is 0.0595. The van der Waals surface area contributed by atoms with Gasteiger partial charge in [-0.1, -0.05) is 60.4 Å². The number of amides is 1. The standard InChI is InChI=1S/C26H20FNO4/c1-31-25(29)22-15-17(12-13-24(22)27)7-6-14-28-26(30)32-16-23-20-10-4-2-8-18(20)19-9-3-5-11-21(19)23/h2-5,8-13,15,23H,14,16H2,1H3,(H,28,30). The molecule has 1 amide bonds. The number of benzene rings is 3. The minimum Gasteiger partial charge on any atom is -0.465 e. The maximum atomic E-state index is 13.7. The third-order valence-corrected chi connectivity index (χ3v) is 5.27. The number of esters is 1. The van der Waals surface area contributed by atoms with Crippen molar-refractivity contribution in [1.29, 1.82) is 0 Å². The summed E-state index contributed by atoms with van der Waals surface area (Å²) in [6, 6.07) is 20.1. The molecule has 32 heavy (non-hydrogen) atoms. The molecule has 0 heterocycles. The number of alkyl carbamates (subject to hydrolysis) is 1. The normalized spacial score (nSPS) is 11.6. The summed E-state index contributed by atoms with van der Waals surface area (Å²) in [4.78, 5) is 23.7. The third-order valence-electron chi connectivity index (χ3n) is 5.27. The number of halogens is 1. The Balaban J connectivity index is 1.34. The molecular weight excluding hydrogens is 409 g/mol.